The normalized spacial score (nSPS) is 11.8. The van der Waals surface area contributed by atoms with E-state index in [1.807, 2.05) is 42.5 Å². The molecule has 14 rings (SSSR count). The first kappa shape index (κ1) is 38.1. The molecule has 4 heterocycles. The molecule has 0 bridgehead atoms. The maximum absolute atomic E-state index is 6.58. The lowest BCUT2D eigenvalue weighted by atomic mass is 9.98. The Labute approximate surface area is 390 Å². The molecule has 10 aromatic carbocycles. The lowest BCUT2D eigenvalue weighted by Crippen LogP contribution is -2.01. The fraction of sp³-hybridized carbons (Fsp3) is 0. The Hall–Kier alpha value is -9.26. The summed E-state index contributed by atoms with van der Waals surface area (Å²) in [5.74, 6) is 1.58. The van der Waals surface area contributed by atoms with Crippen LogP contribution in [0.2, 0.25) is 0 Å². The van der Waals surface area contributed by atoms with Gasteiger partial charge in [-0.05, 0) is 95.1 Å². The number of furan rings is 1. The van der Waals surface area contributed by atoms with E-state index < -0.39 is 0 Å². The van der Waals surface area contributed by atoms with Crippen molar-refractivity contribution in [2.24, 2.45) is 0 Å². The van der Waals surface area contributed by atoms with Gasteiger partial charge in [-0.15, -0.1) is 10.2 Å². The van der Waals surface area contributed by atoms with E-state index >= 15 is 0 Å². The van der Waals surface area contributed by atoms with E-state index in [4.69, 9.17) is 14.6 Å². The summed E-state index contributed by atoms with van der Waals surface area (Å²) in [5, 5.41) is 16.5. The molecule has 318 valence electrons. The largest absolute Gasteiger partial charge is 0.455 e. The van der Waals surface area contributed by atoms with Crippen LogP contribution in [0.5, 0.6) is 0 Å². The van der Waals surface area contributed by atoms with E-state index in [0.717, 1.165) is 111 Å². The molecule has 0 radical (unpaired) electrons. The van der Waals surface area contributed by atoms with Crippen molar-refractivity contribution in [3.63, 3.8) is 0 Å². The van der Waals surface area contributed by atoms with Gasteiger partial charge in [0.15, 0.2) is 11.6 Å². The maximum atomic E-state index is 6.58. The lowest BCUT2D eigenvalue weighted by Gasteiger charge is -2.14. The summed E-state index contributed by atoms with van der Waals surface area (Å²) in [6.45, 7) is 0. The number of para-hydroxylation sites is 3. The maximum Gasteiger partial charge on any atom is 0.168 e. The van der Waals surface area contributed by atoms with E-state index in [-0.39, 0.29) is 0 Å². The second-order valence-electron chi connectivity index (χ2n) is 17.4. The molecule has 0 spiro atoms. The van der Waals surface area contributed by atoms with Gasteiger partial charge in [0.25, 0.3) is 0 Å². The fourth-order valence-electron chi connectivity index (χ4n) is 10.5. The SMILES string of the molecule is c1ccc(-c2nnc(-c3ccccc3)n2-c2ccc3c4ccccc4n(-c4cccc(-c5cccc(-c6cccc(-n7c8ccccc8c8c9oc%10ccccc%10c9ccc87)c6)c5)c4)c3c2)cc1. The molecule has 0 saturated carbocycles. The van der Waals surface area contributed by atoms with Crippen LogP contribution in [-0.2, 0) is 0 Å². The van der Waals surface area contributed by atoms with Crippen molar-refractivity contribution in [3.8, 4) is 62.1 Å². The van der Waals surface area contributed by atoms with Crippen LogP contribution in [0.15, 0.2) is 241 Å². The highest BCUT2D eigenvalue weighted by Gasteiger charge is 2.21. The molecule has 0 fully saturated rings. The minimum absolute atomic E-state index is 0.790. The predicted molar refractivity (Wildman–Crippen MR) is 279 cm³/mol. The minimum atomic E-state index is 0.790. The van der Waals surface area contributed by atoms with Gasteiger partial charge in [0.05, 0.1) is 33.1 Å². The fourth-order valence-corrected chi connectivity index (χ4v) is 10.5. The lowest BCUT2D eigenvalue weighted by molar-refractivity contribution is 0.673. The van der Waals surface area contributed by atoms with Crippen LogP contribution in [0, 0.1) is 0 Å². The molecule has 0 amide bonds. The third kappa shape index (κ3) is 5.91. The number of fused-ring (bicyclic) bond motifs is 10. The molecule has 0 atom stereocenters. The Morgan fingerprint density at radius 1 is 0.279 bits per heavy atom. The highest BCUT2D eigenvalue weighted by atomic mass is 16.3. The van der Waals surface area contributed by atoms with Crippen LogP contribution in [0.4, 0.5) is 0 Å². The van der Waals surface area contributed by atoms with Gasteiger partial charge in [0, 0.05) is 49.4 Å². The van der Waals surface area contributed by atoms with E-state index in [1.165, 1.54) is 16.2 Å². The predicted octanol–water partition coefficient (Wildman–Crippen LogP) is 16.0. The van der Waals surface area contributed by atoms with E-state index in [9.17, 15) is 0 Å². The van der Waals surface area contributed by atoms with Crippen LogP contribution in [0.3, 0.4) is 0 Å². The quantitative estimate of drug-likeness (QED) is 0.160. The Bertz CT molecular complexity index is 4210. The van der Waals surface area contributed by atoms with Crippen LogP contribution >= 0.6 is 0 Å². The topological polar surface area (TPSA) is 53.7 Å². The number of nitrogens with zero attached hydrogens (tertiary/aromatic N) is 5. The van der Waals surface area contributed by atoms with Crippen LogP contribution in [0.1, 0.15) is 0 Å². The zero-order valence-electron chi connectivity index (χ0n) is 36.7. The summed E-state index contributed by atoms with van der Waals surface area (Å²) in [5.41, 5.74) is 16.1. The van der Waals surface area contributed by atoms with Crippen LogP contribution in [-0.4, -0.2) is 23.9 Å². The molecule has 0 aliphatic rings. The second kappa shape index (κ2) is 15.2. The van der Waals surface area contributed by atoms with Crippen molar-refractivity contribution < 1.29 is 4.42 Å². The molecule has 0 saturated heterocycles. The third-order valence-corrected chi connectivity index (χ3v) is 13.6. The molecule has 14 aromatic rings. The number of benzene rings is 10. The van der Waals surface area contributed by atoms with Gasteiger partial charge < -0.3 is 13.6 Å². The Morgan fingerprint density at radius 2 is 0.750 bits per heavy atom. The molecular weight excluding hydrogens is 831 g/mol. The molecule has 0 N–H and O–H groups in total. The highest BCUT2D eigenvalue weighted by molar-refractivity contribution is 6.24. The van der Waals surface area contributed by atoms with Gasteiger partial charge in [-0.1, -0.05) is 164 Å². The molecule has 0 unspecified atom stereocenters. The first-order valence-corrected chi connectivity index (χ1v) is 23.0. The molecule has 6 nitrogen and oxygen atoms in total. The number of aromatic nitrogens is 5. The number of rotatable bonds is 7. The molecule has 4 aromatic heterocycles. The molecular formula is C62H39N5O. The summed E-state index contributed by atoms with van der Waals surface area (Å²) in [6.07, 6.45) is 0. The monoisotopic (exact) mass is 869 g/mol. The Kier molecular flexibility index (Phi) is 8.48. The number of hydrogen-bond donors (Lipinski definition) is 0. The van der Waals surface area contributed by atoms with E-state index in [2.05, 4.69) is 208 Å². The molecule has 68 heavy (non-hydrogen) atoms. The van der Waals surface area contributed by atoms with Gasteiger partial charge in [-0.2, -0.15) is 0 Å². The first-order chi connectivity index (χ1) is 33.7. The van der Waals surface area contributed by atoms with Crippen LogP contribution in [0.25, 0.3) is 128 Å². The smallest absolute Gasteiger partial charge is 0.168 e. The van der Waals surface area contributed by atoms with Crippen molar-refractivity contribution in [1.29, 1.82) is 0 Å². The second-order valence-corrected chi connectivity index (χ2v) is 17.4. The standard InChI is InChI=1S/C62H39N5O/c1-3-16-40(17-4-1)61-63-64-62(41-18-5-2-6-19-41)67(61)48-32-33-50-49-26-7-10-29-54(49)66(57(50)39-48)47-25-15-23-45(38-47)43-21-13-20-42(36-43)44-22-14-24-46(37-44)65-55-30-11-8-28-53(55)59-56(65)35-34-52-51-27-9-12-31-58(51)68-60(52)59/h1-39H. The van der Waals surface area contributed by atoms with Gasteiger partial charge in [-0.3, -0.25) is 4.57 Å². The van der Waals surface area contributed by atoms with Gasteiger partial charge in [-0.25, -0.2) is 0 Å². The summed E-state index contributed by atoms with van der Waals surface area (Å²) in [6, 6.07) is 84.1. The summed E-state index contributed by atoms with van der Waals surface area (Å²) in [7, 11) is 0. The third-order valence-electron chi connectivity index (χ3n) is 13.6. The molecule has 6 heteroatoms. The summed E-state index contributed by atoms with van der Waals surface area (Å²) >= 11 is 0. The molecule has 0 aliphatic heterocycles. The minimum Gasteiger partial charge on any atom is -0.455 e. The highest BCUT2D eigenvalue weighted by Crippen LogP contribution is 2.42. The number of hydrogen-bond acceptors (Lipinski definition) is 3. The zero-order valence-corrected chi connectivity index (χ0v) is 36.7. The van der Waals surface area contributed by atoms with Gasteiger partial charge in [0.1, 0.15) is 11.2 Å². The first-order valence-electron chi connectivity index (χ1n) is 23.0. The average Bonchev–Trinajstić information content (AvgIpc) is 4.19. The summed E-state index contributed by atoms with van der Waals surface area (Å²) in [4.78, 5) is 0. The summed E-state index contributed by atoms with van der Waals surface area (Å²) < 4.78 is 13.5. The zero-order chi connectivity index (χ0) is 44.7. The van der Waals surface area contributed by atoms with Gasteiger partial charge in [0.2, 0.25) is 0 Å². The van der Waals surface area contributed by atoms with Crippen molar-refractivity contribution >= 4 is 65.6 Å². The molecule has 0 aliphatic carbocycles. The van der Waals surface area contributed by atoms with Crippen molar-refractivity contribution in [2.45, 2.75) is 0 Å². The van der Waals surface area contributed by atoms with Crippen LogP contribution < -0.4 is 0 Å². The Balaban J connectivity index is 0.879. The van der Waals surface area contributed by atoms with E-state index in [1.54, 1.807) is 0 Å². The van der Waals surface area contributed by atoms with Crippen molar-refractivity contribution in [1.82, 2.24) is 23.9 Å². The van der Waals surface area contributed by atoms with Crippen molar-refractivity contribution in [2.75, 3.05) is 0 Å². The van der Waals surface area contributed by atoms with Crippen molar-refractivity contribution in [3.05, 3.63) is 237 Å². The van der Waals surface area contributed by atoms with E-state index in [0.29, 0.717) is 0 Å². The van der Waals surface area contributed by atoms with Gasteiger partial charge >= 0.3 is 0 Å². The Morgan fingerprint density at radius 3 is 1.41 bits per heavy atom. The average molecular weight is 870 g/mol.